The number of benzene rings is 1. The van der Waals surface area contributed by atoms with E-state index in [1.807, 2.05) is 23.1 Å². The molecule has 1 fully saturated rings. The highest BCUT2D eigenvalue weighted by molar-refractivity contribution is 6.32. The number of anilines is 2. The minimum Gasteiger partial charge on any atom is -0.355 e. The Balaban J connectivity index is 1.53. The van der Waals surface area contributed by atoms with Gasteiger partial charge < -0.3 is 9.80 Å². The number of fused-ring (bicyclic) bond motifs is 1. The number of halogens is 1. The summed E-state index contributed by atoms with van der Waals surface area (Å²) in [7, 11) is 0. The Hall–Kier alpha value is -2.14. The number of piperidine rings is 1. The molecule has 3 heterocycles. The first-order valence-electron chi connectivity index (χ1n) is 8.34. The molecule has 1 unspecified atom stereocenters. The molecule has 1 amide bonds. The van der Waals surface area contributed by atoms with E-state index < -0.39 is 0 Å². The van der Waals surface area contributed by atoms with Gasteiger partial charge in [-0.15, -0.1) is 0 Å². The molecule has 0 N–H and O–H groups in total. The van der Waals surface area contributed by atoms with Crippen LogP contribution in [0, 0.1) is 5.92 Å². The Labute approximate surface area is 146 Å². The fourth-order valence-corrected chi connectivity index (χ4v) is 3.95. The lowest BCUT2D eigenvalue weighted by Gasteiger charge is -2.34. The molecule has 1 atom stereocenters. The fourth-order valence-electron chi connectivity index (χ4n) is 3.68. The molecule has 2 aliphatic rings. The summed E-state index contributed by atoms with van der Waals surface area (Å²) in [6.07, 6.45) is 7.87. The molecule has 0 bridgehead atoms. The predicted octanol–water partition coefficient (Wildman–Crippen LogP) is 2.94. The normalized spacial score (nSPS) is 20.1. The molecule has 5 nitrogen and oxygen atoms in total. The van der Waals surface area contributed by atoms with Crippen LogP contribution in [-0.4, -0.2) is 35.5 Å². The van der Waals surface area contributed by atoms with Gasteiger partial charge in [0.15, 0.2) is 0 Å². The van der Waals surface area contributed by atoms with Crippen LogP contribution in [0.15, 0.2) is 36.8 Å². The van der Waals surface area contributed by atoms with Crippen LogP contribution in [0.25, 0.3) is 0 Å². The molecule has 0 radical (unpaired) electrons. The van der Waals surface area contributed by atoms with Gasteiger partial charge in [-0.3, -0.25) is 9.78 Å². The molecular formula is C18H19ClN4O. The molecular weight excluding hydrogens is 324 g/mol. The van der Waals surface area contributed by atoms with E-state index in [0.29, 0.717) is 6.54 Å². The Kier molecular flexibility index (Phi) is 4.10. The van der Waals surface area contributed by atoms with Crippen LogP contribution in [0.1, 0.15) is 18.4 Å². The summed E-state index contributed by atoms with van der Waals surface area (Å²) in [5, 5.41) is 0.757. The molecule has 2 aliphatic heterocycles. The van der Waals surface area contributed by atoms with Gasteiger partial charge in [0.05, 0.1) is 12.1 Å². The van der Waals surface area contributed by atoms with Gasteiger partial charge in [0, 0.05) is 42.7 Å². The van der Waals surface area contributed by atoms with Gasteiger partial charge in [-0.25, -0.2) is 4.98 Å². The van der Waals surface area contributed by atoms with Crippen molar-refractivity contribution in [3.63, 3.8) is 0 Å². The maximum Gasteiger partial charge on any atom is 0.231 e. The Bertz CT molecular complexity index is 752. The molecule has 0 aliphatic carbocycles. The average Bonchev–Trinajstić information content (AvgIpc) is 3.07. The molecule has 2 aromatic rings. The van der Waals surface area contributed by atoms with Gasteiger partial charge in [-0.05, 0) is 37.0 Å². The van der Waals surface area contributed by atoms with E-state index in [0.717, 1.165) is 54.4 Å². The Morgan fingerprint density at radius 2 is 2.17 bits per heavy atom. The van der Waals surface area contributed by atoms with Gasteiger partial charge in [0.1, 0.15) is 5.82 Å². The number of carbonyl (C=O) groups excluding carboxylic acids is 1. The monoisotopic (exact) mass is 342 g/mol. The highest BCUT2D eigenvalue weighted by atomic mass is 35.5. The second-order valence-corrected chi connectivity index (χ2v) is 6.73. The third-order valence-electron chi connectivity index (χ3n) is 4.88. The standard InChI is InChI=1S/C18H19ClN4O/c19-15-4-1-5-16-14(15)6-10-23(16)18(24)13-3-2-9-22(12-13)17-11-20-7-8-21-17/h1,4-5,7-8,11,13H,2-3,6,9-10,12H2. The van der Waals surface area contributed by atoms with Crippen molar-refractivity contribution in [1.29, 1.82) is 0 Å². The molecule has 0 saturated carbocycles. The van der Waals surface area contributed by atoms with Crippen LogP contribution in [-0.2, 0) is 11.2 Å². The number of rotatable bonds is 2. The van der Waals surface area contributed by atoms with Crippen LogP contribution < -0.4 is 9.80 Å². The van der Waals surface area contributed by atoms with Gasteiger partial charge in [-0.2, -0.15) is 0 Å². The second-order valence-electron chi connectivity index (χ2n) is 6.33. The van der Waals surface area contributed by atoms with Crippen molar-refractivity contribution in [1.82, 2.24) is 9.97 Å². The van der Waals surface area contributed by atoms with E-state index in [1.54, 1.807) is 18.6 Å². The van der Waals surface area contributed by atoms with Crippen molar-refractivity contribution < 1.29 is 4.79 Å². The summed E-state index contributed by atoms with van der Waals surface area (Å²) in [4.78, 5) is 25.6. The number of aromatic nitrogens is 2. The number of nitrogens with zero attached hydrogens (tertiary/aromatic N) is 4. The highest BCUT2D eigenvalue weighted by Gasteiger charge is 2.33. The Morgan fingerprint density at radius 3 is 3.00 bits per heavy atom. The lowest BCUT2D eigenvalue weighted by Crippen LogP contribution is -2.44. The first kappa shape index (κ1) is 15.4. The van der Waals surface area contributed by atoms with Crippen molar-refractivity contribution in [3.8, 4) is 0 Å². The van der Waals surface area contributed by atoms with Crippen LogP contribution >= 0.6 is 11.6 Å². The highest BCUT2D eigenvalue weighted by Crippen LogP contribution is 2.35. The Morgan fingerprint density at radius 1 is 1.25 bits per heavy atom. The minimum absolute atomic E-state index is 0.00862. The minimum atomic E-state index is -0.00862. The van der Waals surface area contributed by atoms with Crippen molar-refractivity contribution in [3.05, 3.63) is 47.4 Å². The van der Waals surface area contributed by atoms with Crippen molar-refractivity contribution in [2.24, 2.45) is 5.92 Å². The summed E-state index contributed by atoms with van der Waals surface area (Å²) in [6, 6.07) is 5.81. The van der Waals surface area contributed by atoms with Crippen molar-refractivity contribution in [2.75, 3.05) is 29.4 Å². The third-order valence-corrected chi connectivity index (χ3v) is 5.23. The zero-order valence-corrected chi connectivity index (χ0v) is 14.1. The quantitative estimate of drug-likeness (QED) is 0.842. The lowest BCUT2D eigenvalue weighted by molar-refractivity contribution is -0.122. The summed E-state index contributed by atoms with van der Waals surface area (Å²) >= 11 is 6.27. The SMILES string of the molecule is O=C(C1CCCN(c2cnccn2)C1)N1CCc2c(Cl)cccc21. The first-order chi connectivity index (χ1) is 11.7. The summed E-state index contributed by atoms with van der Waals surface area (Å²) in [5.74, 6) is 1.04. The van der Waals surface area contributed by atoms with Crippen molar-refractivity contribution in [2.45, 2.75) is 19.3 Å². The molecule has 0 spiro atoms. The summed E-state index contributed by atoms with van der Waals surface area (Å²) in [5.41, 5.74) is 2.07. The zero-order valence-electron chi connectivity index (χ0n) is 13.4. The number of carbonyl (C=O) groups is 1. The number of hydrogen-bond acceptors (Lipinski definition) is 4. The fraction of sp³-hybridized carbons (Fsp3) is 0.389. The molecule has 1 saturated heterocycles. The smallest absolute Gasteiger partial charge is 0.231 e. The molecule has 1 aromatic heterocycles. The first-order valence-corrected chi connectivity index (χ1v) is 8.71. The average molecular weight is 343 g/mol. The molecule has 24 heavy (non-hydrogen) atoms. The molecule has 4 rings (SSSR count). The third kappa shape index (κ3) is 2.73. The largest absolute Gasteiger partial charge is 0.355 e. The number of amides is 1. The summed E-state index contributed by atoms with van der Waals surface area (Å²) in [6.45, 7) is 2.34. The molecule has 124 valence electrons. The van der Waals surface area contributed by atoms with Crippen molar-refractivity contribution >= 4 is 29.0 Å². The predicted molar refractivity (Wildman–Crippen MR) is 94.5 cm³/mol. The van der Waals surface area contributed by atoms with E-state index in [4.69, 9.17) is 11.6 Å². The van der Waals surface area contributed by atoms with Gasteiger partial charge in [0.2, 0.25) is 5.91 Å². The van der Waals surface area contributed by atoms with E-state index in [2.05, 4.69) is 14.9 Å². The molecule has 6 heteroatoms. The van der Waals surface area contributed by atoms with Crippen LogP contribution in [0.4, 0.5) is 11.5 Å². The lowest BCUT2D eigenvalue weighted by atomic mass is 9.96. The maximum atomic E-state index is 13.1. The van der Waals surface area contributed by atoms with E-state index in [9.17, 15) is 4.79 Å². The van der Waals surface area contributed by atoms with E-state index in [-0.39, 0.29) is 11.8 Å². The maximum absolute atomic E-state index is 13.1. The van der Waals surface area contributed by atoms with Crippen LogP contribution in [0.3, 0.4) is 0 Å². The zero-order chi connectivity index (χ0) is 16.5. The van der Waals surface area contributed by atoms with Gasteiger partial charge in [-0.1, -0.05) is 17.7 Å². The van der Waals surface area contributed by atoms with E-state index >= 15 is 0 Å². The van der Waals surface area contributed by atoms with Gasteiger partial charge >= 0.3 is 0 Å². The second kappa shape index (κ2) is 6.40. The summed E-state index contributed by atoms with van der Waals surface area (Å²) < 4.78 is 0. The van der Waals surface area contributed by atoms with Gasteiger partial charge in [0.25, 0.3) is 0 Å². The number of hydrogen-bond donors (Lipinski definition) is 0. The van der Waals surface area contributed by atoms with Crippen LogP contribution in [0.5, 0.6) is 0 Å². The van der Waals surface area contributed by atoms with Crippen LogP contribution in [0.2, 0.25) is 5.02 Å². The molecule has 1 aromatic carbocycles. The van der Waals surface area contributed by atoms with E-state index in [1.165, 1.54) is 0 Å². The topological polar surface area (TPSA) is 49.3 Å².